The van der Waals surface area contributed by atoms with Crippen LogP contribution in [0.1, 0.15) is 18.2 Å². The summed E-state index contributed by atoms with van der Waals surface area (Å²) >= 11 is 5.74. The second kappa shape index (κ2) is 4.18. The minimum Gasteiger partial charge on any atom is -0.478 e. The third-order valence-electron chi connectivity index (χ3n) is 2.32. The van der Waals surface area contributed by atoms with Crippen molar-refractivity contribution in [2.24, 2.45) is 0 Å². The molecule has 0 saturated heterocycles. The number of hydrogen-bond donors (Lipinski definition) is 0. The van der Waals surface area contributed by atoms with Gasteiger partial charge in [0.2, 0.25) is 11.2 Å². The molecule has 0 amide bonds. The number of hydrogen-bond acceptors (Lipinski definition) is 5. The number of nitrogens with zero attached hydrogens (tertiary/aromatic N) is 2. The van der Waals surface area contributed by atoms with E-state index in [1.807, 2.05) is 0 Å². The molecule has 5 nitrogen and oxygen atoms in total. The Hall–Kier alpha value is -0.880. The summed E-state index contributed by atoms with van der Waals surface area (Å²) in [7, 11) is -3.05. The first-order valence-corrected chi connectivity index (χ1v) is 7.10. The quantitative estimate of drug-likeness (QED) is 0.744. The molecular formula is C9H11ClN2O3S. The van der Waals surface area contributed by atoms with E-state index in [0.717, 1.165) is 0 Å². The standard InChI is InChI=1S/C9H11ClN2O3S/c1-2-15-8-6-5-16(13,14)4-3-7(6)11-9(10)12-8/h2-5H2,1H3. The van der Waals surface area contributed by atoms with Gasteiger partial charge in [0.25, 0.3) is 0 Å². The number of ether oxygens (including phenoxy) is 1. The Kier molecular flexibility index (Phi) is 3.03. The normalized spacial score (nSPS) is 17.9. The highest BCUT2D eigenvalue weighted by Gasteiger charge is 2.27. The molecule has 16 heavy (non-hydrogen) atoms. The van der Waals surface area contributed by atoms with E-state index in [4.69, 9.17) is 16.3 Å². The molecule has 0 aliphatic carbocycles. The number of aromatic nitrogens is 2. The SMILES string of the molecule is CCOc1nc(Cl)nc2c1CS(=O)(=O)CC2. The fraction of sp³-hybridized carbons (Fsp3) is 0.556. The lowest BCUT2D eigenvalue weighted by atomic mass is 10.2. The summed E-state index contributed by atoms with van der Waals surface area (Å²) in [4.78, 5) is 7.94. The summed E-state index contributed by atoms with van der Waals surface area (Å²) in [6, 6.07) is 0. The van der Waals surface area contributed by atoms with Gasteiger partial charge in [0, 0.05) is 6.42 Å². The number of halogens is 1. The Morgan fingerprint density at radius 2 is 2.19 bits per heavy atom. The van der Waals surface area contributed by atoms with Gasteiger partial charge in [0.15, 0.2) is 9.84 Å². The average molecular weight is 263 g/mol. The molecule has 0 spiro atoms. The lowest BCUT2D eigenvalue weighted by Gasteiger charge is -2.17. The van der Waals surface area contributed by atoms with Crippen molar-refractivity contribution >= 4 is 21.4 Å². The molecule has 0 atom stereocenters. The zero-order valence-electron chi connectivity index (χ0n) is 8.73. The molecule has 0 unspecified atom stereocenters. The third-order valence-corrected chi connectivity index (χ3v) is 4.05. The largest absolute Gasteiger partial charge is 0.478 e. The van der Waals surface area contributed by atoms with Crippen molar-refractivity contribution in [1.29, 1.82) is 0 Å². The highest BCUT2D eigenvalue weighted by molar-refractivity contribution is 7.90. The topological polar surface area (TPSA) is 69.2 Å². The van der Waals surface area contributed by atoms with Crippen LogP contribution in [-0.4, -0.2) is 30.7 Å². The van der Waals surface area contributed by atoms with Crippen molar-refractivity contribution in [3.8, 4) is 5.88 Å². The zero-order valence-corrected chi connectivity index (χ0v) is 10.3. The maximum Gasteiger partial charge on any atom is 0.225 e. The van der Waals surface area contributed by atoms with E-state index < -0.39 is 9.84 Å². The molecule has 1 aromatic heterocycles. The van der Waals surface area contributed by atoms with Crippen LogP contribution in [-0.2, 0) is 22.0 Å². The Bertz CT molecular complexity index is 516. The van der Waals surface area contributed by atoms with Gasteiger partial charge in [-0.2, -0.15) is 4.98 Å². The van der Waals surface area contributed by atoms with E-state index in [2.05, 4.69) is 9.97 Å². The Morgan fingerprint density at radius 1 is 1.44 bits per heavy atom. The zero-order chi connectivity index (χ0) is 11.8. The smallest absolute Gasteiger partial charge is 0.225 e. The summed E-state index contributed by atoms with van der Waals surface area (Å²) in [6.45, 7) is 2.22. The lowest BCUT2D eigenvalue weighted by molar-refractivity contribution is 0.322. The highest BCUT2D eigenvalue weighted by Crippen LogP contribution is 2.27. The predicted molar refractivity (Wildman–Crippen MR) is 59.4 cm³/mol. The lowest BCUT2D eigenvalue weighted by Crippen LogP contribution is -2.21. The molecule has 1 aromatic rings. The van der Waals surface area contributed by atoms with Crippen LogP contribution in [0.3, 0.4) is 0 Å². The van der Waals surface area contributed by atoms with Crippen molar-refractivity contribution in [3.05, 3.63) is 16.5 Å². The molecule has 0 saturated carbocycles. The van der Waals surface area contributed by atoms with E-state index in [0.29, 0.717) is 30.2 Å². The van der Waals surface area contributed by atoms with Crippen molar-refractivity contribution < 1.29 is 13.2 Å². The molecule has 0 N–H and O–H groups in total. The molecule has 2 rings (SSSR count). The highest BCUT2D eigenvalue weighted by atomic mass is 35.5. The van der Waals surface area contributed by atoms with Crippen LogP contribution >= 0.6 is 11.6 Å². The van der Waals surface area contributed by atoms with Crippen LogP contribution in [0.5, 0.6) is 5.88 Å². The number of fused-ring (bicyclic) bond motifs is 1. The summed E-state index contributed by atoms with van der Waals surface area (Å²) in [5.41, 5.74) is 1.23. The van der Waals surface area contributed by atoms with Gasteiger partial charge in [0.1, 0.15) is 0 Å². The van der Waals surface area contributed by atoms with Crippen LogP contribution < -0.4 is 4.74 Å². The summed E-state index contributed by atoms with van der Waals surface area (Å²) < 4.78 is 28.3. The third kappa shape index (κ3) is 2.27. The number of aryl methyl sites for hydroxylation is 1. The van der Waals surface area contributed by atoms with E-state index >= 15 is 0 Å². The summed E-state index contributed by atoms with van der Waals surface area (Å²) in [6.07, 6.45) is 0.375. The van der Waals surface area contributed by atoms with Gasteiger partial charge in [-0.25, -0.2) is 13.4 Å². The fourth-order valence-corrected chi connectivity index (χ4v) is 3.19. The van der Waals surface area contributed by atoms with Gasteiger partial charge in [-0.1, -0.05) is 0 Å². The molecule has 1 aliphatic heterocycles. The van der Waals surface area contributed by atoms with Gasteiger partial charge in [-0.3, -0.25) is 0 Å². The van der Waals surface area contributed by atoms with E-state index in [9.17, 15) is 8.42 Å². The predicted octanol–water partition coefficient (Wildman–Crippen LogP) is 1.000. The van der Waals surface area contributed by atoms with Crippen molar-refractivity contribution in [3.63, 3.8) is 0 Å². The minimum atomic E-state index is -3.05. The van der Waals surface area contributed by atoms with Gasteiger partial charge < -0.3 is 4.74 Å². The molecule has 0 aromatic carbocycles. The van der Waals surface area contributed by atoms with Crippen LogP contribution in [0.2, 0.25) is 5.28 Å². The Labute approximate surface area is 98.7 Å². The monoisotopic (exact) mass is 262 g/mol. The molecule has 1 aliphatic rings. The molecule has 0 bridgehead atoms. The first kappa shape index (κ1) is 11.6. The maximum atomic E-state index is 11.5. The Balaban J connectivity index is 2.51. The van der Waals surface area contributed by atoms with Crippen molar-refractivity contribution in [1.82, 2.24) is 9.97 Å². The van der Waals surface area contributed by atoms with Crippen LogP contribution in [0.25, 0.3) is 0 Å². The molecular weight excluding hydrogens is 252 g/mol. The van der Waals surface area contributed by atoms with Crippen molar-refractivity contribution in [2.45, 2.75) is 19.1 Å². The van der Waals surface area contributed by atoms with Gasteiger partial charge in [0.05, 0.1) is 29.4 Å². The second-order valence-corrected chi connectivity index (χ2v) is 6.02. The molecule has 0 fully saturated rings. The molecule has 0 radical (unpaired) electrons. The molecule has 88 valence electrons. The van der Waals surface area contributed by atoms with Gasteiger partial charge in [-0.15, -0.1) is 0 Å². The van der Waals surface area contributed by atoms with E-state index in [-0.39, 0.29) is 16.8 Å². The van der Waals surface area contributed by atoms with Crippen LogP contribution in [0.15, 0.2) is 0 Å². The first-order valence-electron chi connectivity index (χ1n) is 4.90. The number of sulfone groups is 1. The van der Waals surface area contributed by atoms with Crippen molar-refractivity contribution in [2.75, 3.05) is 12.4 Å². The maximum absolute atomic E-state index is 11.5. The number of rotatable bonds is 2. The van der Waals surface area contributed by atoms with Gasteiger partial charge in [-0.05, 0) is 18.5 Å². The summed E-state index contributed by atoms with van der Waals surface area (Å²) in [5.74, 6) is 0.342. The molecule has 7 heteroatoms. The minimum absolute atomic E-state index is 0.0607. The average Bonchev–Trinajstić information content (AvgIpc) is 2.19. The van der Waals surface area contributed by atoms with Gasteiger partial charge >= 0.3 is 0 Å². The van der Waals surface area contributed by atoms with E-state index in [1.54, 1.807) is 6.92 Å². The first-order chi connectivity index (χ1) is 7.52. The van der Waals surface area contributed by atoms with E-state index in [1.165, 1.54) is 0 Å². The molecule has 2 heterocycles. The fourth-order valence-electron chi connectivity index (χ4n) is 1.63. The van der Waals surface area contributed by atoms with Crippen LogP contribution in [0, 0.1) is 0 Å². The second-order valence-electron chi connectivity index (χ2n) is 3.50. The summed E-state index contributed by atoms with van der Waals surface area (Å²) in [5, 5.41) is 0.0986. The Morgan fingerprint density at radius 3 is 2.88 bits per heavy atom. The van der Waals surface area contributed by atoms with Crippen LogP contribution in [0.4, 0.5) is 0 Å².